The maximum Gasteiger partial charge on any atom is 0.123 e. The van der Waals surface area contributed by atoms with Gasteiger partial charge in [0.15, 0.2) is 0 Å². The summed E-state index contributed by atoms with van der Waals surface area (Å²) >= 11 is 0. The maximum atomic E-state index is 5.42. The van der Waals surface area contributed by atoms with Gasteiger partial charge >= 0.3 is 0 Å². The van der Waals surface area contributed by atoms with Gasteiger partial charge in [0.05, 0.1) is 7.11 Å². The Balaban J connectivity index is 2.09. The number of aryl methyl sites for hydroxylation is 2. The van der Waals surface area contributed by atoms with Gasteiger partial charge in [0.25, 0.3) is 0 Å². The third kappa shape index (κ3) is 3.40. The Labute approximate surface area is 121 Å². The van der Waals surface area contributed by atoms with E-state index in [1.165, 1.54) is 22.3 Å². The van der Waals surface area contributed by atoms with E-state index in [2.05, 4.69) is 62.5 Å². The molecule has 0 heterocycles. The standard InChI is InChI=1S/C18H23NO/c1-13-9-10-18(20-4)16(11-13)12-19-15(3)17-8-6-5-7-14(17)2/h5-11,15,19H,12H2,1-4H3/t15-/m1/s1. The highest BCUT2D eigenvalue weighted by atomic mass is 16.5. The Morgan fingerprint density at radius 1 is 1.10 bits per heavy atom. The quantitative estimate of drug-likeness (QED) is 0.880. The predicted molar refractivity (Wildman–Crippen MR) is 84.2 cm³/mol. The SMILES string of the molecule is COc1ccc(C)cc1CN[C@H](C)c1ccccc1C. The fourth-order valence-corrected chi connectivity index (χ4v) is 2.49. The van der Waals surface area contributed by atoms with Gasteiger partial charge in [0, 0.05) is 18.2 Å². The van der Waals surface area contributed by atoms with E-state index in [1.807, 2.05) is 6.07 Å². The Morgan fingerprint density at radius 3 is 2.55 bits per heavy atom. The van der Waals surface area contributed by atoms with Crippen LogP contribution in [0.4, 0.5) is 0 Å². The van der Waals surface area contributed by atoms with Crippen LogP contribution in [0, 0.1) is 13.8 Å². The van der Waals surface area contributed by atoms with Gasteiger partial charge < -0.3 is 10.1 Å². The van der Waals surface area contributed by atoms with Crippen molar-refractivity contribution in [2.45, 2.75) is 33.4 Å². The summed E-state index contributed by atoms with van der Waals surface area (Å²) in [4.78, 5) is 0. The van der Waals surface area contributed by atoms with E-state index in [9.17, 15) is 0 Å². The van der Waals surface area contributed by atoms with E-state index >= 15 is 0 Å². The first-order valence-corrected chi connectivity index (χ1v) is 7.04. The van der Waals surface area contributed by atoms with Crippen LogP contribution in [0.2, 0.25) is 0 Å². The van der Waals surface area contributed by atoms with Gasteiger partial charge in [-0.3, -0.25) is 0 Å². The number of ether oxygens (including phenoxy) is 1. The fourth-order valence-electron chi connectivity index (χ4n) is 2.49. The number of nitrogens with one attached hydrogen (secondary N) is 1. The van der Waals surface area contributed by atoms with E-state index in [4.69, 9.17) is 4.74 Å². The van der Waals surface area contributed by atoms with Crippen molar-refractivity contribution >= 4 is 0 Å². The number of methoxy groups -OCH3 is 1. The topological polar surface area (TPSA) is 21.3 Å². The molecule has 0 saturated carbocycles. The average Bonchev–Trinajstić information content (AvgIpc) is 2.45. The van der Waals surface area contributed by atoms with Crippen LogP contribution in [0.25, 0.3) is 0 Å². The lowest BCUT2D eigenvalue weighted by molar-refractivity contribution is 0.406. The number of hydrogen-bond acceptors (Lipinski definition) is 2. The first-order valence-electron chi connectivity index (χ1n) is 7.04. The molecular formula is C18H23NO. The molecule has 0 aromatic heterocycles. The normalized spacial score (nSPS) is 12.2. The van der Waals surface area contributed by atoms with Crippen LogP contribution in [-0.2, 0) is 6.54 Å². The third-order valence-electron chi connectivity index (χ3n) is 3.69. The van der Waals surface area contributed by atoms with Crippen molar-refractivity contribution in [3.63, 3.8) is 0 Å². The first-order chi connectivity index (χ1) is 9.61. The predicted octanol–water partition coefficient (Wildman–Crippen LogP) is 4.16. The molecule has 0 aliphatic rings. The second-order valence-corrected chi connectivity index (χ2v) is 5.27. The Kier molecular flexibility index (Phi) is 4.80. The van der Waals surface area contributed by atoms with Crippen LogP contribution < -0.4 is 10.1 Å². The Bertz CT molecular complexity index is 577. The summed E-state index contributed by atoms with van der Waals surface area (Å²) in [6, 6.07) is 15.1. The average molecular weight is 269 g/mol. The van der Waals surface area contributed by atoms with Crippen molar-refractivity contribution in [1.29, 1.82) is 0 Å². The fraction of sp³-hybridized carbons (Fsp3) is 0.333. The van der Waals surface area contributed by atoms with Crippen LogP contribution in [0.5, 0.6) is 5.75 Å². The molecule has 0 unspecified atom stereocenters. The van der Waals surface area contributed by atoms with E-state index in [1.54, 1.807) is 7.11 Å². The monoisotopic (exact) mass is 269 g/mol. The molecule has 20 heavy (non-hydrogen) atoms. The lowest BCUT2D eigenvalue weighted by atomic mass is 10.0. The molecule has 0 saturated heterocycles. The number of rotatable bonds is 5. The maximum absolute atomic E-state index is 5.42. The molecule has 0 amide bonds. The molecule has 0 aliphatic heterocycles. The second kappa shape index (κ2) is 6.58. The molecule has 0 bridgehead atoms. The molecular weight excluding hydrogens is 246 g/mol. The van der Waals surface area contributed by atoms with E-state index in [0.717, 1.165) is 12.3 Å². The van der Waals surface area contributed by atoms with Gasteiger partial charge in [-0.05, 0) is 38.0 Å². The Morgan fingerprint density at radius 2 is 1.85 bits per heavy atom. The summed E-state index contributed by atoms with van der Waals surface area (Å²) in [7, 11) is 1.72. The highest BCUT2D eigenvalue weighted by Gasteiger charge is 2.09. The van der Waals surface area contributed by atoms with Crippen molar-refractivity contribution < 1.29 is 4.74 Å². The molecule has 106 valence electrons. The molecule has 0 radical (unpaired) electrons. The van der Waals surface area contributed by atoms with Crippen molar-refractivity contribution in [3.8, 4) is 5.75 Å². The van der Waals surface area contributed by atoms with Gasteiger partial charge in [0.2, 0.25) is 0 Å². The summed E-state index contributed by atoms with van der Waals surface area (Å²) in [5.41, 5.74) is 5.13. The van der Waals surface area contributed by atoms with Gasteiger partial charge in [0.1, 0.15) is 5.75 Å². The minimum atomic E-state index is 0.321. The zero-order valence-electron chi connectivity index (χ0n) is 12.7. The molecule has 2 heteroatoms. The van der Waals surface area contributed by atoms with Crippen LogP contribution in [0.15, 0.2) is 42.5 Å². The number of benzene rings is 2. The van der Waals surface area contributed by atoms with Crippen molar-refractivity contribution in [3.05, 3.63) is 64.7 Å². The summed E-state index contributed by atoms with van der Waals surface area (Å²) in [5, 5.41) is 3.58. The minimum Gasteiger partial charge on any atom is -0.496 e. The van der Waals surface area contributed by atoms with Gasteiger partial charge in [-0.1, -0.05) is 42.0 Å². The van der Waals surface area contributed by atoms with E-state index in [-0.39, 0.29) is 0 Å². The molecule has 2 aromatic rings. The molecule has 0 aliphatic carbocycles. The van der Waals surface area contributed by atoms with Crippen molar-refractivity contribution in [1.82, 2.24) is 5.32 Å². The molecule has 1 N–H and O–H groups in total. The molecule has 0 fully saturated rings. The molecule has 1 atom stereocenters. The van der Waals surface area contributed by atoms with Crippen LogP contribution in [0.3, 0.4) is 0 Å². The highest BCUT2D eigenvalue weighted by Crippen LogP contribution is 2.22. The van der Waals surface area contributed by atoms with E-state index < -0.39 is 0 Å². The van der Waals surface area contributed by atoms with Crippen LogP contribution >= 0.6 is 0 Å². The van der Waals surface area contributed by atoms with Gasteiger partial charge in [-0.2, -0.15) is 0 Å². The van der Waals surface area contributed by atoms with Gasteiger partial charge in [-0.15, -0.1) is 0 Å². The van der Waals surface area contributed by atoms with Crippen LogP contribution in [0.1, 0.15) is 35.2 Å². The summed E-state index contributed by atoms with van der Waals surface area (Å²) in [5.74, 6) is 0.945. The first kappa shape index (κ1) is 14.6. The smallest absolute Gasteiger partial charge is 0.123 e. The minimum absolute atomic E-state index is 0.321. The Hall–Kier alpha value is -1.80. The third-order valence-corrected chi connectivity index (χ3v) is 3.69. The lowest BCUT2D eigenvalue weighted by Crippen LogP contribution is -2.19. The van der Waals surface area contributed by atoms with Crippen molar-refractivity contribution in [2.24, 2.45) is 0 Å². The second-order valence-electron chi connectivity index (χ2n) is 5.27. The van der Waals surface area contributed by atoms with Gasteiger partial charge in [-0.25, -0.2) is 0 Å². The summed E-state index contributed by atoms with van der Waals surface area (Å²) < 4.78 is 5.42. The highest BCUT2D eigenvalue weighted by molar-refractivity contribution is 5.37. The molecule has 0 spiro atoms. The molecule has 2 aromatic carbocycles. The molecule has 2 nitrogen and oxygen atoms in total. The van der Waals surface area contributed by atoms with E-state index in [0.29, 0.717) is 6.04 Å². The van der Waals surface area contributed by atoms with Crippen LogP contribution in [-0.4, -0.2) is 7.11 Å². The van der Waals surface area contributed by atoms with Crippen molar-refractivity contribution in [2.75, 3.05) is 7.11 Å². The zero-order valence-corrected chi connectivity index (χ0v) is 12.7. The number of hydrogen-bond donors (Lipinski definition) is 1. The summed E-state index contributed by atoms with van der Waals surface area (Å²) in [6.07, 6.45) is 0. The lowest BCUT2D eigenvalue weighted by Gasteiger charge is -2.18. The molecule has 2 rings (SSSR count). The zero-order chi connectivity index (χ0) is 14.5. The summed E-state index contributed by atoms with van der Waals surface area (Å²) in [6.45, 7) is 7.26. The largest absolute Gasteiger partial charge is 0.496 e.